The molecular weight excluding hydrogens is 309 g/mol. The Morgan fingerprint density at radius 3 is 3.12 bits per heavy atom. The first-order valence-corrected chi connectivity index (χ1v) is 7.82. The molecule has 1 heterocycles. The number of rotatable bonds is 3. The molecule has 124 valence electrons. The van der Waals surface area contributed by atoms with Gasteiger partial charge < -0.3 is 10.6 Å². The number of aryl methyl sites for hydroxylation is 1. The second kappa shape index (κ2) is 6.71. The summed E-state index contributed by atoms with van der Waals surface area (Å²) in [5, 5.41) is 18.6. The highest BCUT2D eigenvalue weighted by molar-refractivity contribution is 5.74. The lowest BCUT2D eigenvalue weighted by Crippen LogP contribution is -2.38. The number of urea groups is 1. The number of benzene rings is 1. The Balaban J connectivity index is 1.60. The number of aromatic nitrogens is 2. The van der Waals surface area contributed by atoms with Crippen LogP contribution in [-0.4, -0.2) is 15.8 Å². The highest BCUT2D eigenvalue weighted by Crippen LogP contribution is 2.28. The minimum absolute atomic E-state index is 0.0655. The van der Waals surface area contributed by atoms with Crippen LogP contribution < -0.4 is 10.6 Å². The summed E-state index contributed by atoms with van der Waals surface area (Å²) in [5.74, 6) is -0.499. The Morgan fingerprint density at radius 2 is 2.38 bits per heavy atom. The first-order chi connectivity index (χ1) is 11.6. The zero-order valence-corrected chi connectivity index (χ0v) is 13.3. The number of carbonyl (C=O) groups excluding carboxylic acids is 1. The average molecular weight is 327 g/mol. The Kier molecular flexibility index (Phi) is 4.47. The monoisotopic (exact) mass is 327 g/mol. The maximum Gasteiger partial charge on any atom is 0.315 e. The molecule has 2 amide bonds. The van der Waals surface area contributed by atoms with E-state index in [0.717, 1.165) is 36.6 Å². The molecule has 1 aromatic heterocycles. The molecule has 1 aliphatic carbocycles. The quantitative estimate of drug-likeness (QED) is 0.907. The summed E-state index contributed by atoms with van der Waals surface area (Å²) in [6, 6.07) is 5.66. The van der Waals surface area contributed by atoms with Crippen LogP contribution in [0.1, 0.15) is 41.3 Å². The molecule has 7 heteroatoms. The normalized spacial score (nSPS) is 16.1. The molecule has 1 aromatic carbocycles. The van der Waals surface area contributed by atoms with E-state index in [2.05, 4.69) is 15.7 Å². The molecule has 2 aromatic rings. The average Bonchev–Trinajstić information content (AvgIpc) is 2.96. The number of nitrogens with one attached hydrogen (secondary N) is 2. The fourth-order valence-electron chi connectivity index (χ4n) is 3.00. The molecule has 0 saturated heterocycles. The van der Waals surface area contributed by atoms with E-state index in [9.17, 15) is 9.18 Å². The summed E-state index contributed by atoms with van der Waals surface area (Å²) in [6.45, 7) is 0.0655. The molecule has 0 spiro atoms. The van der Waals surface area contributed by atoms with Gasteiger partial charge in [-0.25, -0.2) is 9.18 Å². The van der Waals surface area contributed by atoms with Crippen LogP contribution in [0.15, 0.2) is 24.4 Å². The first kappa shape index (κ1) is 16.0. The van der Waals surface area contributed by atoms with Crippen molar-refractivity contribution in [3.05, 3.63) is 52.6 Å². The maximum absolute atomic E-state index is 13.8. The van der Waals surface area contributed by atoms with Crippen LogP contribution in [0.5, 0.6) is 0 Å². The van der Waals surface area contributed by atoms with Crippen molar-refractivity contribution < 1.29 is 9.18 Å². The summed E-state index contributed by atoms with van der Waals surface area (Å²) in [4.78, 5) is 12.1. The van der Waals surface area contributed by atoms with Crippen molar-refractivity contribution in [3.8, 4) is 6.07 Å². The molecule has 2 N–H and O–H groups in total. The predicted molar refractivity (Wildman–Crippen MR) is 85.4 cm³/mol. The van der Waals surface area contributed by atoms with E-state index in [1.165, 1.54) is 12.1 Å². The van der Waals surface area contributed by atoms with Crippen LogP contribution in [0.3, 0.4) is 0 Å². The van der Waals surface area contributed by atoms with Crippen molar-refractivity contribution in [2.24, 2.45) is 7.05 Å². The molecule has 0 unspecified atom stereocenters. The van der Waals surface area contributed by atoms with Gasteiger partial charge in [0, 0.05) is 30.4 Å². The first-order valence-electron chi connectivity index (χ1n) is 7.82. The van der Waals surface area contributed by atoms with E-state index >= 15 is 0 Å². The van der Waals surface area contributed by atoms with Crippen molar-refractivity contribution in [1.29, 1.82) is 5.26 Å². The van der Waals surface area contributed by atoms with Gasteiger partial charge in [-0.2, -0.15) is 10.4 Å². The summed E-state index contributed by atoms with van der Waals surface area (Å²) >= 11 is 0. The fraction of sp³-hybridized carbons (Fsp3) is 0.353. The van der Waals surface area contributed by atoms with Crippen molar-refractivity contribution in [2.75, 3.05) is 0 Å². The molecule has 0 saturated carbocycles. The topological polar surface area (TPSA) is 82.7 Å². The predicted octanol–water partition coefficient (Wildman–Crippen LogP) is 2.31. The van der Waals surface area contributed by atoms with Crippen LogP contribution in [0, 0.1) is 17.1 Å². The molecule has 0 fully saturated rings. The number of hydrogen-bond acceptors (Lipinski definition) is 3. The lowest BCUT2D eigenvalue weighted by Gasteiger charge is -2.24. The number of fused-ring (bicyclic) bond motifs is 1. The Hall–Kier alpha value is -2.88. The largest absolute Gasteiger partial charge is 0.334 e. The zero-order valence-electron chi connectivity index (χ0n) is 13.3. The Morgan fingerprint density at radius 1 is 1.54 bits per heavy atom. The third-order valence-electron chi connectivity index (χ3n) is 4.30. The minimum atomic E-state index is -0.499. The third kappa shape index (κ3) is 3.23. The highest BCUT2D eigenvalue weighted by atomic mass is 19.1. The maximum atomic E-state index is 13.8. The van der Waals surface area contributed by atoms with Crippen LogP contribution in [-0.2, 0) is 20.0 Å². The van der Waals surface area contributed by atoms with Gasteiger partial charge in [0.25, 0.3) is 0 Å². The van der Waals surface area contributed by atoms with Gasteiger partial charge in [-0.15, -0.1) is 0 Å². The Bertz CT molecular complexity index is 808. The van der Waals surface area contributed by atoms with Crippen LogP contribution >= 0.6 is 0 Å². The van der Waals surface area contributed by atoms with Crippen molar-refractivity contribution >= 4 is 6.03 Å². The van der Waals surface area contributed by atoms with E-state index in [1.807, 2.05) is 17.8 Å². The minimum Gasteiger partial charge on any atom is -0.334 e. The van der Waals surface area contributed by atoms with Gasteiger partial charge in [-0.3, -0.25) is 4.68 Å². The van der Waals surface area contributed by atoms with Crippen molar-refractivity contribution in [2.45, 2.75) is 31.8 Å². The molecule has 0 bridgehead atoms. The van der Waals surface area contributed by atoms with Gasteiger partial charge in [0.05, 0.1) is 23.9 Å². The molecule has 0 radical (unpaired) electrons. The van der Waals surface area contributed by atoms with E-state index in [-0.39, 0.29) is 24.2 Å². The number of hydrogen-bond donors (Lipinski definition) is 2. The van der Waals surface area contributed by atoms with Gasteiger partial charge in [0.15, 0.2) is 0 Å². The second-order valence-electron chi connectivity index (χ2n) is 5.86. The third-order valence-corrected chi connectivity index (χ3v) is 4.30. The number of carbonyl (C=O) groups is 1. The van der Waals surface area contributed by atoms with Crippen LogP contribution in [0.25, 0.3) is 0 Å². The standard InChI is InChI=1S/C17H18FN5O/c1-23-16-4-2-3-15(13(16)10-21-23)22-17(24)20-9-12-6-5-11(8-19)7-14(12)18/h5-7,10,15H,2-4,9H2,1H3,(H2,20,22,24)/t15-/m1/s1. The molecule has 6 nitrogen and oxygen atoms in total. The van der Waals surface area contributed by atoms with E-state index in [4.69, 9.17) is 5.26 Å². The van der Waals surface area contributed by atoms with Crippen LogP contribution in [0.4, 0.5) is 9.18 Å². The molecule has 1 atom stereocenters. The van der Waals surface area contributed by atoms with Gasteiger partial charge >= 0.3 is 6.03 Å². The number of halogens is 1. The van der Waals surface area contributed by atoms with E-state index in [0.29, 0.717) is 5.56 Å². The number of nitrogens with zero attached hydrogens (tertiary/aromatic N) is 3. The van der Waals surface area contributed by atoms with Crippen molar-refractivity contribution in [3.63, 3.8) is 0 Å². The van der Waals surface area contributed by atoms with Gasteiger partial charge in [-0.05, 0) is 31.4 Å². The zero-order chi connectivity index (χ0) is 17.1. The SMILES string of the molecule is Cn1ncc2c1CCC[C@H]2NC(=O)NCc1ccc(C#N)cc1F. The Labute approximate surface area is 139 Å². The number of nitriles is 1. The molecule has 3 rings (SSSR count). The van der Waals surface area contributed by atoms with E-state index in [1.54, 1.807) is 6.20 Å². The number of amides is 2. The van der Waals surface area contributed by atoms with Crippen molar-refractivity contribution in [1.82, 2.24) is 20.4 Å². The lowest BCUT2D eigenvalue weighted by atomic mass is 9.93. The summed E-state index contributed by atoms with van der Waals surface area (Å²) in [6.07, 6.45) is 4.60. The molecule has 1 aliphatic rings. The van der Waals surface area contributed by atoms with Gasteiger partial charge in [-0.1, -0.05) is 6.07 Å². The fourth-order valence-corrected chi connectivity index (χ4v) is 3.00. The molecule has 0 aliphatic heterocycles. The second-order valence-corrected chi connectivity index (χ2v) is 5.86. The van der Waals surface area contributed by atoms with Gasteiger partial charge in [0.2, 0.25) is 0 Å². The lowest BCUT2D eigenvalue weighted by molar-refractivity contribution is 0.235. The smallest absolute Gasteiger partial charge is 0.315 e. The van der Waals surface area contributed by atoms with E-state index < -0.39 is 5.82 Å². The highest BCUT2D eigenvalue weighted by Gasteiger charge is 2.24. The van der Waals surface area contributed by atoms with Gasteiger partial charge in [0.1, 0.15) is 5.82 Å². The molecular formula is C17H18FN5O. The van der Waals surface area contributed by atoms with Crippen LogP contribution in [0.2, 0.25) is 0 Å². The molecule has 24 heavy (non-hydrogen) atoms. The summed E-state index contributed by atoms with van der Waals surface area (Å²) in [7, 11) is 1.90. The summed E-state index contributed by atoms with van der Waals surface area (Å²) < 4.78 is 15.7. The summed E-state index contributed by atoms with van der Waals surface area (Å²) in [5.41, 5.74) is 2.79.